The van der Waals surface area contributed by atoms with Gasteiger partial charge in [0.15, 0.2) is 5.76 Å². The van der Waals surface area contributed by atoms with E-state index in [9.17, 15) is 9.59 Å². The Labute approximate surface area is 149 Å². The molecule has 0 aliphatic heterocycles. The first-order valence-electron chi connectivity index (χ1n) is 8.16. The third kappa shape index (κ3) is 4.73. The number of nitrogens with zero attached hydrogens (tertiary/aromatic N) is 2. The van der Waals surface area contributed by atoms with Crippen LogP contribution in [0.1, 0.15) is 22.7 Å². The van der Waals surface area contributed by atoms with E-state index in [-0.39, 0.29) is 17.4 Å². The number of carbonyl (C=O) groups is 2. The number of aromatic nitrogens is 3. The smallest absolute Gasteiger partial charge is 0.291 e. The fourth-order valence-corrected chi connectivity index (χ4v) is 2.32. The van der Waals surface area contributed by atoms with Gasteiger partial charge in [-0.25, -0.2) is 4.98 Å². The zero-order valence-corrected chi connectivity index (χ0v) is 14.0. The van der Waals surface area contributed by atoms with Crippen molar-refractivity contribution in [2.24, 2.45) is 0 Å². The highest BCUT2D eigenvalue weighted by Gasteiger charge is 2.16. The Morgan fingerprint density at radius 1 is 1.31 bits per heavy atom. The molecule has 3 aromatic heterocycles. The molecule has 8 heteroatoms. The summed E-state index contributed by atoms with van der Waals surface area (Å²) in [4.78, 5) is 31.6. The number of nitrogens with one attached hydrogen (secondary N) is 3. The van der Waals surface area contributed by atoms with Crippen molar-refractivity contribution in [1.82, 2.24) is 25.2 Å². The Morgan fingerprint density at radius 2 is 2.23 bits per heavy atom. The summed E-state index contributed by atoms with van der Waals surface area (Å²) in [6, 6.07) is 6.75. The fraction of sp³-hybridized carbons (Fsp3) is 0.167. The number of hydrogen-bond acceptors (Lipinski definition) is 4. The van der Waals surface area contributed by atoms with Gasteiger partial charge in [0.2, 0.25) is 0 Å². The van der Waals surface area contributed by atoms with Crippen molar-refractivity contribution in [3.05, 3.63) is 72.6 Å². The highest BCUT2D eigenvalue weighted by atomic mass is 16.3. The Bertz CT molecular complexity index is 849. The van der Waals surface area contributed by atoms with Gasteiger partial charge in [0.25, 0.3) is 11.8 Å². The predicted molar refractivity (Wildman–Crippen MR) is 94.8 cm³/mol. The summed E-state index contributed by atoms with van der Waals surface area (Å²) in [7, 11) is 0. The van der Waals surface area contributed by atoms with Gasteiger partial charge in [-0.1, -0.05) is 0 Å². The third-order valence-corrected chi connectivity index (χ3v) is 3.60. The maximum atomic E-state index is 12.5. The highest BCUT2D eigenvalue weighted by Crippen LogP contribution is 2.06. The topological polar surface area (TPSA) is 105 Å². The van der Waals surface area contributed by atoms with E-state index in [4.69, 9.17) is 4.42 Å². The molecule has 0 spiro atoms. The second-order valence-electron chi connectivity index (χ2n) is 5.52. The van der Waals surface area contributed by atoms with Crippen LogP contribution in [-0.2, 0) is 11.3 Å². The van der Waals surface area contributed by atoms with Crippen LogP contribution in [0, 0.1) is 0 Å². The van der Waals surface area contributed by atoms with Gasteiger partial charge in [0.1, 0.15) is 5.70 Å². The van der Waals surface area contributed by atoms with E-state index in [0.717, 1.165) is 13.0 Å². The second-order valence-corrected chi connectivity index (χ2v) is 5.52. The Balaban J connectivity index is 1.60. The van der Waals surface area contributed by atoms with E-state index in [2.05, 4.69) is 20.6 Å². The van der Waals surface area contributed by atoms with Crippen LogP contribution in [0.2, 0.25) is 0 Å². The minimum atomic E-state index is -0.485. The highest BCUT2D eigenvalue weighted by molar-refractivity contribution is 6.04. The summed E-state index contributed by atoms with van der Waals surface area (Å²) < 4.78 is 6.99. The largest absolute Gasteiger partial charge is 0.459 e. The molecule has 3 aromatic rings. The molecule has 3 N–H and O–H groups in total. The minimum Gasteiger partial charge on any atom is -0.459 e. The van der Waals surface area contributed by atoms with Crippen LogP contribution < -0.4 is 10.6 Å². The zero-order chi connectivity index (χ0) is 18.2. The van der Waals surface area contributed by atoms with Crippen molar-refractivity contribution in [3.8, 4) is 0 Å². The van der Waals surface area contributed by atoms with Gasteiger partial charge in [-0.05, 0) is 36.8 Å². The summed E-state index contributed by atoms with van der Waals surface area (Å²) in [6.45, 7) is 1.21. The summed E-state index contributed by atoms with van der Waals surface area (Å²) in [6.07, 6.45) is 10.8. The van der Waals surface area contributed by atoms with Crippen LogP contribution in [0.25, 0.3) is 6.08 Å². The lowest BCUT2D eigenvalue weighted by atomic mass is 10.2. The normalized spacial score (nSPS) is 11.3. The van der Waals surface area contributed by atoms with Gasteiger partial charge >= 0.3 is 0 Å². The van der Waals surface area contributed by atoms with E-state index < -0.39 is 5.91 Å². The van der Waals surface area contributed by atoms with Crippen LogP contribution in [-0.4, -0.2) is 32.9 Å². The molecule has 0 bridgehead atoms. The number of amides is 2. The number of hydrogen-bond donors (Lipinski definition) is 3. The van der Waals surface area contributed by atoms with Crippen molar-refractivity contribution in [3.63, 3.8) is 0 Å². The molecule has 0 saturated heterocycles. The van der Waals surface area contributed by atoms with Crippen molar-refractivity contribution in [2.45, 2.75) is 13.0 Å². The van der Waals surface area contributed by atoms with Gasteiger partial charge in [-0.2, -0.15) is 0 Å². The molecule has 0 radical (unpaired) electrons. The lowest BCUT2D eigenvalue weighted by Gasteiger charge is -2.10. The van der Waals surface area contributed by atoms with E-state index in [1.807, 2.05) is 10.8 Å². The van der Waals surface area contributed by atoms with E-state index in [0.29, 0.717) is 12.2 Å². The molecule has 8 nitrogen and oxygen atoms in total. The Kier molecular flexibility index (Phi) is 5.66. The predicted octanol–water partition coefficient (Wildman–Crippen LogP) is 1.78. The van der Waals surface area contributed by atoms with Gasteiger partial charge in [0, 0.05) is 37.4 Å². The zero-order valence-electron chi connectivity index (χ0n) is 14.0. The number of rotatable bonds is 8. The molecule has 0 aromatic carbocycles. The summed E-state index contributed by atoms with van der Waals surface area (Å²) in [5.74, 6) is -0.721. The molecule has 2 amide bonds. The van der Waals surface area contributed by atoms with Crippen molar-refractivity contribution in [1.29, 1.82) is 0 Å². The van der Waals surface area contributed by atoms with Crippen LogP contribution >= 0.6 is 0 Å². The average Bonchev–Trinajstić information content (AvgIpc) is 3.41. The standard InChI is InChI=1S/C18H19N5O3/c24-17(21-7-3-9-23-10-8-19-13-23)15(12-14-4-1-6-20-14)22-18(25)16-5-2-11-26-16/h1-2,4-6,8,10-13,20H,3,7,9H2,(H,21,24)(H,22,25). The average molecular weight is 353 g/mol. The van der Waals surface area contributed by atoms with Crippen molar-refractivity contribution in [2.75, 3.05) is 6.54 Å². The molecule has 3 rings (SSSR count). The van der Waals surface area contributed by atoms with Crippen LogP contribution in [0.15, 0.2) is 65.6 Å². The first-order chi connectivity index (χ1) is 12.7. The lowest BCUT2D eigenvalue weighted by molar-refractivity contribution is -0.117. The molecule has 3 heterocycles. The minimum absolute atomic E-state index is 0.135. The first kappa shape index (κ1) is 17.3. The number of aryl methyl sites for hydroxylation is 1. The maximum absolute atomic E-state index is 12.5. The van der Waals surface area contributed by atoms with Gasteiger partial charge in [-0.15, -0.1) is 0 Å². The molecule has 0 fully saturated rings. The van der Waals surface area contributed by atoms with E-state index in [1.165, 1.54) is 12.3 Å². The number of carbonyl (C=O) groups excluding carboxylic acids is 2. The quantitative estimate of drug-likeness (QED) is 0.424. The van der Waals surface area contributed by atoms with Gasteiger partial charge in [0.05, 0.1) is 12.6 Å². The summed E-state index contributed by atoms with van der Waals surface area (Å²) in [5.41, 5.74) is 0.838. The maximum Gasteiger partial charge on any atom is 0.291 e. The van der Waals surface area contributed by atoms with Crippen molar-refractivity contribution < 1.29 is 14.0 Å². The molecule has 0 unspecified atom stereocenters. The van der Waals surface area contributed by atoms with E-state index in [1.54, 1.807) is 43.0 Å². The monoisotopic (exact) mass is 353 g/mol. The van der Waals surface area contributed by atoms with Gasteiger partial charge in [-0.3, -0.25) is 9.59 Å². The summed E-state index contributed by atoms with van der Waals surface area (Å²) in [5, 5.41) is 5.40. The van der Waals surface area contributed by atoms with E-state index >= 15 is 0 Å². The Hall–Kier alpha value is -3.55. The number of aromatic amines is 1. The fourth-order valence-electron chi connectivity index (χ4n) is 2.32. The third-order valence-electron chi connectivity index (χ3n) is 3.60. The number of H-pyrrole nitrogens is 1. The summed E-state index contributed by atoms with van der Waals surface area (Å²) >= 11 is 0. The Morgan fingerprint density at radius 3 is 2.92 bits per heavy atom. The first-order valence-corrected chi connectivity index (χ1v) is 8.16. The number of furan rings is 1. The second kappa shape index (κ2) is 8.52. The van der Waals surface area contributed by atoms with Gasteiger partial charge < -0.3 is 24.6 Å². The SMILES string of the molecule is O=C(NCCCn1ccnc1)C(=Cc1ccc[nH]1)NC(=O)c1ccco1. The van der Waals surface area contributed by atoms with Crippen LogP contribution in [0.5, 0.6) is 0 Å². The van der Waals surface area contributed by atoms with Crippen molar-refractivity contribution >= 4 is 17.9 Å². The molecule has 0 saturated carbocycles. The molecular weight excluding hydrogens is 334 g/mol. The van der Waals surface area contributed by atoms with Crippen LogP contribution in [0.3, 0.4) is 0 Å². The molecule has 134 valence electrons. The molecular formula is C18H19N5O3. The van der Waals surface area contributed by atoms with Crippen LogP contribution in [0.4, 0.5) is 0 Å². The molecule has 0 atom stereocenters. The molecule has 26 heavy (non-hydrogen) atoms. The number of imidazole rings is 1. The molecule has 0 aliphatic carbocycles. The molecule has 0 aliphatic rings. The lowest BCUT2D eigenvalue weighted by Crippen LogP contribution is -2.35.